The number of nitrogens with zero attached hydrogens (tertiary/aromatic N) is 4. The Bertz CT molecular complexity index is 1100. The third-order valence-corrected chi connectivity index (χ3v) is 5.48. The van der Waals surface area contributed by atoms with E-state index in [1.54, 1.807) is 18.0 Å². The summed E-state index contributed by atoms with van der Waals surface area (Å²) in [5.74, 6) is -1.44. The molecule has 0 bridgehead atoms. The van der Waals surface area contributed by atoms with Crippen molar-refractivity contribution in [3.8, 4) is 11.3 Å². The van der Waals surface area contributed by atoms with Crippen LogP contribution in [0.15, 0.2) is 48.7 Å². The molecule has 2 heterocycles. The number of anilines is 1. The number of carbonyl (C=O) groups is 1. The molecule has 0 spiro atoms. The fraction of sp³-hybridized carbons (Fsp3) is 0.238. The third kappa shape index (κ3) is 3.26. The lowest BCUT2D eigenvalue weighted by Crippen LogP contribution is -2.56. The Morgan fingerprint density at radius 1 is 1.13 bits per heavy atom. The van der Waals surface area contributed by atoms with Crippen LogP contribution in [0.4, 0.5) is 19.0 Å². The van der Waals surface area contributed by atoms with Crippen LogP contribution < -0.4 is 10.6 Å². The maximum absolute atomic E-state index is 14.4. The van der Waals surface area contributed by atoms with Gasteiger partial charge in [-0.15, -0.1) is 10.2 Å². The number of benzene rings is 1. The van der Waals surface area contributed by atoms with E-state index in [4.69, 9.17) is 5.73 Å². The van der Waals surface area contributed by atoms with E-state index in [0.717, 1.165) is 6.07 Å². The van der Waals surface area contributed by atoms with Crippen molar-refractivity contribution >= 4 is 11.7 Å². The van der Waals surface area contributed by atoms with Crippen LogP contribution in [0, 0.1) is 11.6 Å². The number of halogens is 3. The van der Waals surface area contributed by atoms with E-state index in [1.807, 2.05) is 0 Å². The average molecular weight is 413 g/mol. The van der Waals surface area contributed by atoms with Gasteiger partial charge in [0.1, 0.15) is 23.5 Å². The molecule has 0 radical (unpaired) electrons. The van der Waals surface area contributed by atoms with Crippen molar-refractivity contribution < 1.29 is 18.0 Å². The van der Waals surface area contributed by atoms with Crippen LogP contribution in [0.3, 0.4) is 0 Å². The van der Waals surface area contributed by atoms with Crippen LogP contribution >= 0.6 is 0 Å². The van der Waals surface area contributed by atoms with Crippen molar-refractivity contribution in [3.63, 3.8) is 0 Å². The van der Waals surface area contributed by atoms with Gasteiger partial charge in [0.2, 0.25) is 5.91 Å². The van der Waals surface area contributed by atoms with Gasteiger partial charge in [0.05, 0.1) is 11.2 Å². The maximum atomic E-state index is 14.4. The molecule has 4 rings (SSSR count). The van der Waals surface area contributed by atoms with Crippen LogP contribution in [0.1, 0.15) is 28.9 Å². The molecule has 154 valence electrons. The first kappa shape index (κ1) is 19.8. The molecule has 2 N–H and O–H groups in total. The smallest absolute Gasteiger partial charge is 0.248 e. The van der Waals surface area contributed by atoms with E-state index >= 15 is 0 Å². The van der Waals surface area contributed by atoms with Crippen molar-refractivity contribution in [2.75, 3.05) is 11.9 Å². The highest BCUT2D eigenvalue weighted by molar-refractivity contribution is 5.94. The lowest BCUT2D eigenvalue weighted by Gasteiger charge is -2.50. The van der Waals surface area contributed by atoms with Gasteiger partial charge in [-0.3, -0.25) is 9.78 Å². The molecule has 0 atom stereocenters. The first-order valence-corrected chi connectivity index (χ1v) is 9.24. The Balaban J connectivity index is 1.68. The summed E-state index contributed by atoms with van der Waals surface area (Å²) in [6.45, 7) is 0. The first-order chi connectivity index (χ1) is 14.3. The molecule has 30 heavy (non-hydrogen) atoms. The number of alkyl halides is 1. The quantitative estimate of drug-likeness (QED) is 0.693. The van der Waals surface area contributed by atoms with Crippen molar-refractivity contribution in [2.45, 2.75) is 24.6 Å². The fourth-order valence-electron chi connectivity index (χ4n) is 3.77. The number of nitrogens with two attached hydrogens (primary N) is 1. The first-order valence-electron chi connectivity index (χ1n) is 9.24. The third-order valence-electron chi connectivity index (χ3n) is 5.48. The molecule has 2 aromatic heterocycles. The fourth-order valence-corrected chi connectivity index (χ4v) is 3.77. The summed E-state index contributed by atoms with van der Waals surface area (Å²) in [7, 11) is 1.66. The summed E-state index contributed by atoms with van der Waals surface area (Å²) >= 11 is 0. The number of hydrogen-bond acceptors (Lipinski definition) is 5. The second kappa shape index (κ2) is 7.40. The summed E-state index contributed by atoms with van der Waals surface area (Å²) in [5.41, 5.74) is 4.82. The van der Waals surface area contributed by atoms with Gasteiger partial charge in [-0.25, -0.2) is 13.2 Å². The topological polar surface area (TPSA) is 85.0 Å². The number of amides is 1. The monoisotopic (exact) mass is 413 g/mol. The Labute approximate surface area is 170 Å². The van der Waals surface area contributed by atoms with E-state index in [2.05, 4.69) is 15.2 Å². The van der Waals surface area contributed by atoms with Gasteiger partial charge in [0.15, 0.2) is 5.82 Å². The van der Waals surface area contributed by atoms with Gasteiger partial charge in [-0.05, 0) is 42.5 Å². The van der Waals surface area contributed by atoms with Gasteiger partial charge < -0.3 is 10.6 Å². The number of rotatable bonds is 5. The number of primary amides is 1. The van der Waals surface area contributed by atoms with E-state index in [9.17, 15) is 18.0 Å². The molecule has 3 aromatic rings. The van der Waals surface area contributed by atoms with Crippen molar-refractivity contribution in [3.05, 3.63) is 71.6 Å². The Hall–Kier alpha value is -3.49. The largest absolute Gasteiger partial charge is 0.366 e. The minimum absolute atomic E-state index is 0.0656. The SMILES string of the molecule is CN(c1ccc(-c2cc(C(N)=O)ccc2F)nn1)[C@]1(c2ncccc2F)C[C@H](F)C1. The minimum atomic E-state index is -1.08. The van der Waals surface area contributed by atoms with Gasteiger partial charge in [-0.2, -0.15) is 0 Å². The van der Waals surface area contributed by atoms with Crippen molar-refractivity contribution in [1.82, 2.24) is 15.2 Å². The van der Waals surface area contributed by atoms with Crippen molar-refractivity contribution in [1.29, 1.82) is 0 Å². The molecular formula is C21H18F3N5O. The highest BCUT2D eigenvalue weighted by Crippen LogP contribution is 2.48. The average Bonchev–Trinajstić information content (AvgIpc) is 2.71. The van der Waals surface area contributed by atoms with Gasteiger partial charge >= 0.3 is 0 Å². The van der Waals surface area contributed by atoms with E-state index in [-0.39, 0.29) is 35.4 Å². The van der Waals surface area contributed by atoms with E-state index < -0.39 is 29.3 Å². The van der Waals surface area contributed by atoms with Crippen molar-refractivity contribution in [2.24, 2.45) is 5.73 Å². The molecular weight excluding hydrogens is 395 g/mol. The number of pyridine rings is 1. The van der Waals surface area contributed by atoms with Crippen LogP contribution in [-0.4, -0.2) is 34.3 Å². The van der Waals surface area contributed by atoms with Crippen LogP contribution in [0.2, 0.25) is 0 Å². The highest BCUT2D eigenvalue weighted by atomic mass is 19.1. The van der Waals surface area contributed by atoms with Crippen LogP contribution in [0.25, 0.3) is 11.3 Å². The summed E-state index contributed by atoms with van der Waals surface area (Å²) < 4.78 is 42.5. The standard InChI is InChI=1S/C21H18F3N5O/c1-29(21(10-13(22)11-21)19-16(24)3-2-8-26-19)18-7-6-17(27-28-18)14-9-12(20(25)30)4-5-15(14)23/h2-9,13H,10-11H2,1H3,(H2,25,30)/t13-,21+. The molecule has 1 aliphatic carbocycles. The van der Waals surface area contributed by atoms with Gasteiger partial charge in [0, 0.05) is 37.2 Å². The van der Waals surface area contributed by atoms with E-state index in [1.165, 1.54) is 36.5 Å². The zero-order valence-corrected chi connectivity index (χ0v) is 16.0. The summed E-state index contributed by atoms with van der Waals surface area (Å²) in [4.78, 5) is 17.1. The molecule has 1 aliphatic rings. The molecule has 1 saturated carbocycles. The maximum Gasteiger partial charge on any atom is 0.248 e. The lowest BCUT2D eigenvalue weighted by atomic mass is 9.71. The summed E-state index contributed by atoms with van der Waals surface area (Å²) in [5, 5.41) is 8.17. The molecule has 1 aromatic carbocycles. The van der Waals surface area contributed by atoms with Gasteiger partial charge in [0.25, 0.3) is 0 Å². The van der Waals surface area contributed by atoms with Crippen LogP contribution in [0.5, 0.6) is 0 Å². The van der Waals surface area contributed by atoms with Crippen LogP contribution in [-0.2, 0) is 5.54 Å². The van der Waals surface area contributed by atoms with E-state index in [0.29, 0.717) is 5.82 Å². The highest BCUT2D eigenvalue weighted by Gasteiger charge is 2.52. The Kier molecular flexibility index (Phi) is 4.89. The normalized spacial score (nSPS) is 20.5. The summed E-state index contributed by atoms with van der Waals surface area (Å²) in [6, 6.07) is 9.57. The molecule has 0 unspecified atom stereocenters. The Morgan fingerprint density at radius 3 is 2.50 bits per heavy atom. The number of hydrogen-bond donors (Lipinski definition) is 1. The Morgan fingerprint density at radius 2 is 1.90 bits per heavy atom. The molecule has 0 saturated heterocycles. The minimum Gasteiger partial charge on any atom is -0.366 e. The molecule has 1 fully saturated rings. The second-order valence-corrected chi connectivity index (χ2v) is 7.27. The predicted molar refractivity (Wildman–Crippen MR) is 104 cm³/mol. The molecule has 1 amide bonds. The number of carbonyl (C=O) groups excluding carboxylic acids is 1. The molecule has 9 heteroatoms. The lowest BCUT2D eigenvalue weighted by molar-refractivity contribution is 0.0865. The number of aromatic nitrogens is 3. The predicted octanol–water partition coefficient (Wildman–Crippen LogP) is 3.38. The molecule has 6 nitrogen and oxygen atoms in total. The zero-order valence-electron chi connectivity index (χ0n) is 16.0. The van der Waals surface area contributed by atoms with Gasteiger partial charge in [-0.1, -0.05) is 0 Å². The zero-order chi connectivity index (χ0) is 21.5. The molecule has 0 aliphatic heterocycles. The second-order valence-electron chi connectivity index (χ2n) is 7.27. The summed E-state index contributed by atoms with van der Waals surface area (Å²) in [6.07, 6.45) is 0.515.